The number of nitrogens with one attached hydrogen (secondary N) is 1. The van der Waals surface area contributed by atoms with Crippen LogP contribution in [0.4, 0.5) is 20.2 Å². The molecular formula is C13H16F2N2O2S. The Bertz CT molecular complexity index is 479. The van der Waals surface area contributed by atoms with E-state index in [1.807, 2.05) is 11.8 Å². The number of nitrogens with zero attached hydrogens (tertiary/aromatic N) is 1. The highest BCUT2D eigenvalue weighted by atomic mass is 32.2. The lowest BCUT2D eigenvalue weighted by atomic mass is 10.1. The first-order valence-electron chi connectivity index (χ1n) is 6.50. The molecule has 1 saturated heterocycles. The first kappa shape index (κ1) is 15.0. The maximum atomic E-state index is 13.0. The average molecular weight is 302 g/mol. The largest absolute Gasteiger partial charge is 0.384 e. The molecule has 1 aromatic carbocycles. The second-order valence-electron chi connectivity index (χ2n) is 4.70. The molecule has 1 atom stereocenters. The van der Waals surface area contributed by atoms with Crippen molar-refractivity contribution in [2.45, 2.75) is 30.9 Å². The van der Waals surface area contributed by atoms with Gasteiger partial charge in [0.1, 0.15) is 0 Å². The summed E-state index contributed by atoms with van der Waals surface area (Å²) in [5.74, 6) is 1.11. The van der Waals surface area contributed by atoms with Gasteiger partial charge in [-0.1, -0.05) is 6.42 Å². The number of hydrogen-bond acceptors (Lipinski definition) is 4. The number of hydrogen-bond donors (Lipinski definition) is 1. The predicted octanol–water partition coefficient (Wildman–Crippen LogP) is 4.23. The standard InChI is InChI=1S/C13H16F2N2O2S/c14-13(15)11-7-9(17(18)19)4-5-12(11)16-8-10-3-1-2-6-20-10/h4-5,7,10,13,16H,1-3,6,8H2. The van der Waals surface area contributed by atoms with E-state index >= 15 is 0 Å². The van der Waals surface area contributed by atoms with Crippen LogP contribution in [0.5, 0.6) is 0 Å². The molecule has 0 spiro atoms. The Morgan fingerprint density at radius 3 is 2.85 bits per heavy atom. The molecule has 20 heavy (non-hydrogen) atoms. The minimum atomic E-state index is -2.73. The van der Waals surface area contributed by atoms with Gasteiger partial charge in [0.25, 0.3) is 12.1 Å². The fourth-order valence-corrected chi connectivity index (χ4v) is 3.44. The van der Waals surface area contributed by atoms with Crippen molar-refractivity contribution in [2.75, 3.05) is 17.6 Å². The van der Waals surface area contributed by atoms with E-state index in [9.17, 15) is 18.9 Å². The van der Waals surface area contributed by atoms with Crippen molar-refractivity contribution in [2.24, 2.45) is 0 Å². The molecule has 1 heterocycles. The normalized spacial score (nSPS) is 19.1. The minimum absolute atomic E-state index is 0.289. The van der Waals surface area contributed by atoms with Crippen molar-refractivity contribution in [3.05, 3.63) is 33.9 Å². The molecule has 0 aliphatic carbocycles. The van der Waals surface area contributed by atoms with Gasteiger partial charge >= 0.3 is 0 Å². The Labute approximate surface area is 120 Å². The van der Waals surface area contributed by atoms with Gasteiger partial charge in [0.2, 0.25) is 0 Å². The molecule has 0 bridgehead atoms. The molecule has 2 rings (SSSR count). The number of nitro groups is 1. The smallest absolute Gasteiger partial charge is 0.270 e. The van der Waals surface area contributed by atoms with E-state index in [0.29, 0.717) is 11.8 Å². The third-order valence-electron chi connectivity index (χ3n) is 3.28. The monoisotopic (exact) mass is 302 g/mol. The second kappa shape index (κ2) is 6.88. The fourth-order valence-electron chi connectivity index (χ4n) is 2.20. The van der Waals surface area contributed by atoms with E-state index in [0.717, 1.165) is 18.2 Å². The summed E-state index contributed by atoms with van der Waals surface area (Å²) >= 11 is 1.85. The lowest BCUT2D eigenvalue weighted by molar-refractivity contribution is -0.385. The van der Waals surface area contributed by atoms with Crippen LogP contribution in [0.3, 0.4) is 0 Å². The van der Waals surface area contributed by atoms with Crippen molar-refractivity contribution in [1.82, 2.24) is 0 Å². The maximum absolute atomic E-state index is 13.0. The van der Waals surface area contributed by atoms with Crippen molar-refractivity contribution in [3.63, 3.8) is 0 Å². The summed E-state index contributed by atoms with van der Waals surface area (Å²) in [5, 5.41) is 14.1. The van der Waals surface area contributed by atoms with E-state index in [-0.39, 0.29) is 16.9 Å². The fraction of sp³-hybridized carbons (Fsp3) is 0.538. The average Bonchev–Trinajstić information content (AvgIpc) is 2.45. The zero-order valence-corrected chi connectivity index (χ0v) is 11.7. The Hall–Kier alpha value is -1.37. The van der Waals surface area contributed by atoms with Gasteiger partial charge in [-0.05, 0) is 24.7 Å². The first-order chi connectivity index (χ1) is 9.58. The molecule has 7 heteroatoms. The van der Waals surface area contributed by atoms with Gasteiger partial charge in [-0.15, -0.1) is 0 Å². The quantitative estimate of drug-likeness (QED) is 0.653. The number of halogens is 2. The van der Waals surface area contributed by atoms with Crippen LogP contribution in [0.2, 0.25) is 0 Å². The molecule has 1 aliphatic heterocycles. The highest BCUT2D eigenvalue weighted by Gasteiger charge is 2.19. The summed E-state index contributed by atoms with van der Waals surface area (Å²) in [6.07, 6.45) is 0.730. The van der Waals surface area contributed by atoms with Crippen LogP contribution >= 0.6 is 11.8 Å². The van der Waals surface area contributed by atoms with E-state index < -0.39 is 11.3 Å². The Balaban J connectivity index is 2.07. The molecule has 1 aromatic rings. The molecule has 1 unspecified atom stereocenters. The van der Waals surface area contributed by atoms with Crippen LogP contribution < -0.4 is 5.32 Å². The van der Waals surface area contributed by atoms with Crippen LogP contribution in [0.25, 0.3) is 0 Å². The molecule has 1 aliphatic rings. The van der Waals surface area contributed by atoms with Crippen molar-refractivity contribution < 1.29 is 13.7 Å². The molecule has 110 valence electrons. The highest BCUT2D eigenvalue weighted by Crippen LogP contribution is 2.32. The van der Waals surface area contributed by atoms with Gasteiger partial charge in [-0.2, -0.15) is 11.8 Å². The summed E-state index contributed by atoms with van der Waals surface area (Å²) in [6, 6.07) is 3.57. The van der Waals surface area contributed by atoms with Crippen molar-refractivity contribution >= 4 is 23.1 Å². The summed E-state index contributed by atoms with van der Waals surface area (Å²) in [6.45, 7) is 0.613. The molecular weight excluding hydrogens is 286 g/mol. The lowest BCUT2D eigenvalue weighted by Crippen LogP contribution is -2.20. The number of alkyl halides is 2. The van der Waals surface area contributed by atoms with Gasteiger partial charge in [-0.3, -0.25) is 10.1 Å². The van der Waals surface area contributed by atoms with Crippen LogP contribution in [0.15, 0.2) is 18.2 Å². The van der Waals surface area contributed by atoms with E-state index in [4.69, 9.17) is 0 Å². The highest BCUT2D eigenvalue weighted by molar-refractivity contribution is 7.99. The summed E-state index contributed by atoms with van der Waals surface area (Å²) < 4.78 is 25.9. The minimum Gasteiger partial charge on any atom is -0.384 e. The third-order valence-corrected chi connectivity index (χ3v) is 4.67. The first-order valence-corrected chi connectivity index (χ1v) is 7.55. The molecule has 4 nitrogen and oxygen atoms in total. The predicted molar refractivity (Wildman–Crippen MR) is 76.6 cm³/mol. The second-order valence-corrected chi connectivity index (χ2v) is 6.11. The van der Waals surface area contributed by atoms with E-state index in [1.165, 1.54) is 25.0 Å². The van der Waals surface area contributed by atoms with Crippen LogP contribution in [-0.2, 0) is 0 Å². The topological polar surface area (TPSA) is 55.2 Å². The lowest BCUT2D eigenvalue weighted by Gasteiger charge is -2.22. The van der Waals surface area contributed by atoms with Crippen LogP contribution in [-0.4, -0.2) is 22.5 Å². The maximum Gasteiger partial charge on any atom is 0.270 e. The Kier molecular flexibility index (Phi) is 5.17. The Morgan fingerprint density at radius 2 is 2.25 bits per heavy atom. The number of anilines is 1. The number of thioether (sulfide) groups is 1. The summed E-state index contributed by atoms with van der Waals surface area (Å²) in [4.78, 5) is 9.97. The molecule has 1 fully saturated rings. The van der Waals surface area contributed by atoms with E-state index in [1.54, 1.807) is 0 Å². The van der Waals surface area contributed by atoms with Crippen LogP contribution in [0, 0.1) is 10.1 Å². The summed E-state index contributed by atoms with van der Waals surface area (Å²) in [7, 11) is 0. The SMILES string of the molecule is O=[N+]([O-])c1ccc(NCC2CCCCS2)c(C(F)F)c1. The Morgan fingerprint density at radius 1 is 1.45 bits per heavy atom. The third kappa shape index (κ3) is 3.82. The van der Waals surface area contributed by atoms with Gasteiger partial charge in [0.15, 0.2) is 0 Å². The number of rotatable bonds is 5. The van der Waals surface area contributed by atoms with Gasteiger partial charge in [0.05, 0.1) is 4.92 Å². The number of non-ortho nitro benzene ring substituents is 1. The van der Waals surface area contributed by atoms with Crippen molar-refractivity contribution in [3.8, 4) is 0 Å². The molecule has 0 amide bonds. The molecule has 0 saturated carbocycles. The zero-order valence-electron chi connectivity index (χ0n) is 10.9. The van der Waals surface area contributed by atoms with Crippen molar-refractivity contribution in [1.29, 1.82) is 0 Å². The molecule has 0 radical (unpaired) electrons. The van der Waals surface area contributed by atoms with Gasteiger partial charge in [0, 0.05) is 35.2 Å². The van der Waals surface area contributed by atoms with Gasteiger partial charge in [-0.25, -0.2) is 8.78 Å². The van der Waals surface area contributed by atoms with Gasteiger partial charge < -0.3 is 5.32 Å². The zero-order chi connectivity index (χ0) is 14.5. The van der Waals surface area contributed by atoms with E-state index in [2.05, 4.69) is 5.32 Å². The number of nitro benzene ring substituents is 1. The van der Waals surface area contributed by atoms with Crippen LogP contribution in [0.1, 0.15) is 31.3 Å². The summed E-state index contributed by atoms with van der Waals surface area (Å²) in [5.41, 5.74) is -0.324. The number of benzene rings is 1. The molecule has 0 aromatic heterocycles. The molecule has 1 N–H and O–H groups in total.